The van der Waals surface area contributed by atoms with Gasteiger partial charge >= 0.3 is 0 Å². The molecule has 0 unspecified atom stereocenters. The lowest BCUT2D eigenvalue weighted by molar-refractivity contribution is 1.17. The van der Waals surface area contributed by atoms with Crippen LogP contribution in [0.2, 0.25) is 0 Å². The zero-order chi connectivity index (χ0) is 31.6. The van der Waals surface area contributed by atoms with Crippen molar-refractivity contribution in [2.45, 2.75) is 0 Å². The van der Waals surface area contributed by atoms with Crippen molar-refractivity contribution in [3.8, 4) is 33.6 Å². The quantitative estimate of drug-likeness (QED) is 0.188. The molecular formula is C46H30N2. The molecule has 0 aliphatic carbocycles. The van der Waals surface area contributed by atoms with Crippen LogP contribution in [0.5, 0.6) is 0 Å². The van der Waals surface area contributed by atoms with Gasteiger partial charge in [0, 0.05) is 38.3 Å². The lowest BCUT2D eigenvalue weighted by Crippen LogP contribution is -1.96. The summed E-state index contributed by atoms with van der Waals surface area (Å²) >= 11 is 0. The van der Waals surface area contributed by atoms with Crippen molar-refractivity contribution in [1.82, 2.24) is 9.13 Å². The highest BCUT2D eigenvalue weighted by atomic mass is 15.0. The fourth-order valence-corrected chi connectivity index (χ4v) is 7.76. The average Bonchev–Trinajstić information content (AvgIpc) is 3.67. The number of benzene rings is 8. The molecule has 10 rings (SSSR count). The maximum absolute atomic E-state index is 2.46. The Hall–Kier alpha value is -6.38. The van der Waals surface area contributed by atoms with Crippen LogP contribution in [0, 0.1) is 0 Å². The molecule has 0 radical (unpaired) electrons. The molecule has 2 heterocycles. The van der Waals surface area contributed by atoms with Crippen LogP contribution in [-0.4, -0.2) is 9.13 Å². The van der Waals surface area contributed by atoms with Gasteiger partial charge in [0.2, 0.25) is 0 Å². The summed E-state index contributed by atoms with van der Waals surface area (Å²) in [6.45, 7) is 0. The van der Waals surface area contributed by atoms with E-state index >= 15 is 0 Å². The van der Waals surface area contributed by atoms with Gasteiger partial charge in [-0.15, -0.1) is 0 Å². The van der Waals surface area contributed by atoms with Gasteiger partial charge in [0.15, 0.2) is 0 Å². The molecule has 2 aromatic heterocycles. The Morgan fingerprint density at radius 3 is 1.62 bits per heavy atom. The molecule has 2 heteroatoms. The van der Waals surface area contributed by atoms with E-state index in [0.29, 0.717) is 0 Å². The van der Waals surface area contributed by atoms with Crippen LogP contribution in [0.15, 0.2) is 182 Å². The van der Waals surface area contributed by atoms with Crippen LogP contribution in [0.3, 0.4) is 0 Å². The summed E-state index contributed by atoms with van der Waals surface area (Å²) in [6, 6.07) is 66.1. The first-order chi connectivity index (χ1) is 23.8. The van der Waals surface area contributed by atoms with Crippen molar-refractivity contribution in [1.29, 1.82) is 0 Å². The molecule has 8 aromatic carbocycles. The van der Waals surface area contributed by atoms with E-state index < -0.39 is 0 Å². The number of nitrogens with zero attached hydrogens (tertiary/aromatic N) is 2. The number of fused-ring (bicyclic) bond motifs is 8. The first kappa shape index (κ1) is 26.8. The first-order valence-electron chi connectivity index (χ1n) is 16.5. The third-order valence-electron chi connectivity index (χ3n) is 9.91. The lowest BCUT2D eigenvalue weighted by Gasteiger charge is -2.13. The van der Waals surface area contributed by atoms with Crippen LogP contribution >= 0.6 is 0 Å². The summed E-state index contributed by atoms with van der Waals surface area (Å²) < 4.78 is 4.89. The Morgan fingerprint density at radius 2 is 0.854 bits per heavy atom. The van der Waals surface area contributed by atoms with E-state index in [1.807, 2.05) is 0 Å². The summed E-state index contributed by atoms with van der Waals surface area (Å²) in [5.41, 5.74) is 12.1. The Labute approximate surface area is 278 Å². The lowest BCUT2D eigenvalue weighted by atomic mass is 9.94. The Balaban J connectivity index is 1.24. The molecule has 0 N–H and O–H groups in total. The fourth-order valence-electron chi connectivity index (χ4n) is 7.76. The highest BCUT2D eigenvalue weighted by molar-refractivity contribution is 6.23. The SMILES string of the molecule is c1ccc(-c2ccccc2-c2ccc(-n3c4ccccc4c4cc5c6ccc7ccccc7c6n(-c6ccccc6)c5cc43)cc2)cc1. The summed E-state index contributed by atoms with van der Waals surface area (Å²) in [5.74, 6) is 0. The third-order valence-corrected chi connectivity index (χ3v) is 9.91. The molecule has 2 nitrogen and oxygen atoms in total. The molecule has 0 aliphatic rings. The number of para-hydroxylation sites is 2. The zero-order valence-corrected chi connectivity index (χ0v) is 26.2. The molecule has 0 fully saturated rings. The topological polar surface area (TPSA) is 9.86 Å². The highest BCUT2D eigenvalue weighted by Crippen LogP contribution is 2.42. The maximum atomic E-state index is 2.46. The van der Waals surface area contributed by atoms with Crippen LogP contribution in [0.1, 0.15) is 0 Å². The van der Waals surface area contributed by atoms with Gasteiger partial charge in [-0.2, -0.15) is 0 Å². The van der Waals surface area contributed by atoms with Crippen LogP contribution in [0.4, 0.5) is 0 Å². The maximum Gasteiger partial charge on any atom is 0.0619 e. The van der Waals surface area contributed by atoms with Gasteiger partial charge in [-0.05, 0) is 70.1 Å². The predicted octanol–water partition coefficient (Wildman–Crippen LogP) is 12.4. The largest absolute Gasteiger partial charge is 0.309 e. The predicted molar refractivity (Wildman–Crippen MR) is 203 cm³/mol. The number of hydrogen-bond acceptors (Lipinski definition) is 0. The first-order valence-corrected chi connectivity index (χ1v) is 16.5. The molecule has 0 saturated carbocycles. The number of rotatable bonds is 4. The fraction of sp³-hybridized carbons (Fsp3) is 0. The van der Waals surface area contributed by atoms with Gasteiger partial charge in [-0.1, -0.05) is 140 Å². The Bertz CT molecular complexity index is 2800. The van der Waals surface area contributed by atoms with Crippen molar-refractivity contribution in [2.75, 3.05) is 0 Å². The van der Waals surface area contributed by atoms with Crippen molar-refractivity contribution in [3.63, 3.8) is 0 Å². The van der Waals surface area contributed by atoms with Crippen molar-refractivity contribution in [2.24, 2.45) is 0 Å². The average molecular weight is 611 g/mol. The summed E-state index contributed by atoms with van der Waals surface area (Å²) in [4.78, 5) is 0. The molecular weight excluding hydrogens is 581 g/mol. The molecule has 0 amide bonds. The molecule has 0 aliphatic heterocycles. The zero-order valence-electron chi connectivity index (χ0n) is 26.2. The van der Waals surface area contributed by atoms with E-state index in [2.05, 4.69) is 191 Å². The van der Waals surface area contributed by atoms with Crippen molar-refractivity contribution < 1.29 is 0 Å². The smallest absolute Gasteiger partial charge is 0.0619 e. The van der Waals surface area contributed by atoms with Crippen molar-refractivity contribution >= 4 is 54.4 Å². The second kappa shape index (κ2) is 10.6. The van der Waals surface area contributed by atoms with Crippen LogP contribution in [-0.2, 0) is 0 Å². The monoisotopic (exact) mass is 610 g/mol. The summed E-state index contributed by atoms with van der Waals surface area (Å²) in [5, 5.41) is 7.57. The van der Waals surface area contributed by atoms with E-state index in [9.17, 15) is 0 Å². The standard InChI is InChI=1S/C46H30N2/c1-3-13-31(14-4-1)36-18-9-10-19-37(36)33-23-26-35(27-24-33)47-43-22-12-11-21-39(43)41-29-42-40-28-25-32-15-7-8-20-38(32)46(40)48(45(42)30-44(41)47)34-16-5-2-6-17-34/h1-30H. The molecule has 0 saturated heterocycles. The summed E-state index contributed by atoms with van der Waals surface area (Å²) in [7, 11) is 0. The molecule has 0 spiro atoms. The number of hydrogen-bond donors (Lipinski definition) is 0. The van der Waals surface area contributed by atoms with E-state index in [1.54, 1.807) is 0 Å². The molecule has 224 valence electrons. The molecule has 10 aromatic rings. The third kappa shape index (κ3) is 4.00. The van der Waals surface area contributed by atoms with Crippen molar-refractivity contribution in [3.05, 3.63) is 182 Å². The van der Waals surface area contributed by atoms with Gasteiger partial charge in [0.25, 0.3) is 0 Å². The molecule has 48 heavy (non-hydrogen) atoms. The van der Waals surface area contributed by atoms with Gasteiger partial charge in [0.05, 0.1) is 22.1 Å². The van der Waals surface area contributed by atoms with Gasteiger partial charge in [-0.3, -0.25) is 0 Å². The second-order valence-corrected chi connectivity index (χ2v) is 12.6. The van der Waals surface area contributed by atoms with E-state index in [1.165, 1.54) is 76.6 Å². The van der Waals surface area contributed by atoms with Gasteiger partial charge in [0.1, 0.15) is 0 Å². The van der Waals surface area contributed by atoms with Crippen LogP contribution < -0.4 is 0 Å². The van der Waals surface area contributed by atoms with Crippen LogP contribution in [0.25, 0.3) is 88.0 Å². The molecule has 0 atom stereocenters. The number of aromatic nitrogens is 2. The minimum absolute atomic E-state index is 1.15. The highest BCUT2D eigenvalue weighted by Gasteiger charge is 2.20. The minimum Gasteiger partial charge on any atom is -0.309 e. The minimum atomic E-state index is 1.15. The normalized spacial score (nSPS) is 11.8. The Kier molecular flexibility index (Phi) is 5.91. The van der Waals surface area contributed by atoms with Gasteiger partial charge in [-0.25, -0.2) is 0 Å². The molecule has 0 bridgehead atoms. The van der Waals surface area contributed by atoms with Gasteiger partial charge < -0.3 is 9.13 Å². The Morgan fingerprint density at radius 1 is 0.292 bits per heavy atom. The van der Waals surface area contributed by atoms with E-state index in [-0.39, 0.29) is 0 Å². The van der Waals surface area contributed by atoms with E-state index in [0.717, 1.165) is 11.4 Å². The summed E-state index contributed by atoms with van der Waals surface area (Å²) in [6.07, 6.45) is 0. The van der Waals surface area contributed by atoms with E-state index in [4.69, 9.17) is 0 Å². The second-order valence-electron chi connectivity index (χ2n) is 12.6.